The van der Waals surface area contributed by atoms with Crippen LogP contribution in [0.1, 0.15) is 0 Å². The molecule has 1 aromatic carbocycles. The molecule has 106 valence electrons. The van der Waals surface area contributed by atoms with E-state index in [1.165, 1.54) is 0 Å². The van der Waals surface area contributed by atoms with Gasteiger partial charge in [-0.3, -0.25) is 10.1 Å². The Morgan fingerprint density at radius 3 is 2.32 bits per heavy atom. The molecule has 0 radical (unpaired) electrons. The number of nitrogens with two attached hydrogens (primary N) is 1. The number of anilines is 1. The van der Waals surface area contributed by atoms with Crippen molar-refractivity contribution >= 4 is 11.4 Å². The van der Waals surface area contributed by atoms with E-state index in [9.17, 15) is 32.1 Å². The van der Waals surface area contributed by atoms with Crippen LogP contribution in [0, 0.1) is 10.1 Å². The minimum Gasteiger partial charge on any atom is -0.480 e. The second kappa shape index (κ2) is 4.86. The molecule has 0 unspecified atom stereocenters. The van der Waals surface area contributed by atoms with Gasteiger partial charge in [0.25, 0.3) is 0 Å². The molecule has 0 saturated carbocycles. The van der Waals surface area contributed by atoms with Crippen LogP contribution in [0.4, 0.5) is 33.3 Å². The van der Waals surface area contributed by atoms with E-state index in [0.29, 0.717) is 0 Å². The zero-order chi connectivity index (χ0) is 14.8. The summed E-state index contributed by atoms with van der Waals surface area (Å²) >= 11 is 0. The number of nitrogen functional groups attached to an aromatic ring is 1. The van der Waals surface area contributed by atoms with E-state index in [2.05, 4.69) is 4.74 Å². The molecule has 1 rings (SSSR count). The van der Waals surface area contributed by atoms with E-state index >= 15 is 0 Å². The molecule has 0 aliphatic carbocycles. The topological polar surface area (TPSA) is 78.4 Å². The van der Waals surface area contributed by atoms with Crippen molar-refractivity contribution in [3.63, 3.8) is 0 Å². The lowest BCUT2D eigenvalue weighted by atomic mass is 10.2. The largest absolute Gasteiger partial charge is 0.480 e. The summed E-state index contributed by atoms with van der Waals surface area (Å²) in [5, 5.41) is 10.6. The third kappa shape index (κ3) is 3.20. The average molecular weight is 286 g/mol. The van der Waals surface area contributed by atoms with Crippen molar-refractivity contribution in [2.75, 3.05) is 12.3 Å². The number of alkyl halides is 5. The van der Waals surface area contributed by atoms with Crippen LogP contribution in [0.25, 0.3) is 0 Å². The number of nitrogens with zero attached hydrogens (tertiary/aromatic N) is 1. The Balaban J connectivity index is 2.97. The quantitative estimate of drug-likeness (QED) is 0.399. The number of nitro benzene ring substituents is 1. The van der Waals surface area contributed by atoms with Crippen LogP contribution in [0.2, 0.25) is 0 Å². The van der Waals surface area contributed by atoms with Crippen molar-refractivity contribution in [1.29, 1.82) is 0 Å². The van der Waals surface area contributed by atoms with Gasteiger partial charge in [0, 0.05) is 0 Å². The molecule has 19 heavy (non-hydrogen) atoms. The summed E-state index contributed by atoms with van der Waals surface area (Å²) in [6.45, 7) is -2.07. The van der Waals surface area contributed by atoms with E-state index in [1.807, 2.05) is 0 Å². The Morgan fingerprint density at radius 2 is 1.84 bits per heavy atom. The normalized spacial score (nSPS) is 12.3. The molecule has 5 nitrogen and oxygen atoms in total. The van der Waals surface area contributed by atoms with Crippen molar-refractivity contribution < 1.29 is 31.6 Å². The first kappa shape index (κ1) is 14.9. The minimum absolute atomic E-state index is 0.405. The van der Waals surface area contributed by atoms with E-state index in [4.69, 9.17) is 5.73 Å². The molecule has 0 heterocycles. The Labute approximate surface area is 102 Å². The number of rotatable bonds is 4. The van der Waals surface area contributed by atoms with Crippen LogP contribution in [0.3, 0.4) is 0 Å². The first-order valence-electron chi connectivity index (χ1n) is 4.66. The lowest BCUT2D eigenvalue weighted by molar-refractivity contribution is -0.385. The monoisotopic (exact) mass is 286 g/mol. The van der Waals surface area contributed by atoms with Crippen LogP contribution in [-0.4, -0.2) is 23.6 Å². The number of para-hydroxylation sites is 1. The second-order valence-electron chi connectivity index (χ2n) is 3.44. The van der Waals surface area contributed by atoms with Crippen LogP contribution in [0.5, 0.6) is 5.75 Å². The predicted octanol–water partition coefficient (Wildman–Crippen LogP) is 2.75. The fourth-order valence-corrected chi connectivity index (χ4v) is 1.10. The second-order valence-corrected chi connectivity index (χ2v) is 3.44. The lowest BCUT2D eigenvalue weighted by Crippen LogP contribution is -2.41. The Morgan fingerprint density at radius 1 is 1.26 bits per heavy atom. The first-order chi connectivity index (χ1) is 8.56. The summed E-state index contributed by atoms with van der Waals surface area (Å²) in [5.41, 5.74) is 3.95. The lowest BCUT2D eigenvalue weighted by Gasteiger charge is -2.19. The average Bonchev–Trinajstić information content (AvgIpc) is 2.24. The highest BCUT2D eigenvalue weighted by Crippen LogP contribution is 2.38. The van der Waals surface area contributed by atoms with Crippen molar-refractivity contribution in [2.45, 2.75) is 12.1 Å². The number of halogens is 5. The van der Waals surface area contributed by atoms with Gasteiger partial charge in [-0.2, -0.15) is 22.0 Å². The number of nitro groups is 1. The van der Waals surface area contributed by atoms with Gasteiger partial charge in [0.1, 0.15) is 5.69 Å². The Bertz CT molecular complexity index is 489. The molecule has 2 N–H and O–H groups in total. The number of hydrogen-bond donors (Lipinski definition) is 1. The smallest absolute Gasteiger partial charge is 0.456 e. The van der Waals surface area contributed by atoms with Crippen molar-refractivity contribution in [1.82, 2.24) is 0 Å². The molecule has 0 saturated heterocycles. The predicted molar refractivity (Wildman–Crippen MR) is 54.0 cm³/mol. The summed E-state index contributed by atoms with van der Waals surface area (Å²) in [5.74, 6) is -5.88. The molecule has 0 bridgehead atoms. The van der Waals surface area contributed by atoms with Gasteiger partial charge in [0.05, 0.1) is 4.92 Å². The van der Waals surface area contributed by atoms with E-state index in [0.717, 1.165) is 18.2 Å². The fraction of sp³-hybridized carbons (Fsp3) is 0.333. The van der Waals surface area contributed by atoms with Crippen LogP contribution < -0.4 is 10.5 Å². The summed E-state index contributed by atoms with van der Waals surface area (Å²) in [6, 6.07) is 3.09. The van der Waals surface area contributed by atoms with Crippen molar-refractivity contribution in [2.24, 2.45) is 0 Å². The first-order valence-corrected chi connectivity index (χ1v) is 4.66. The zero-order valence-corrected chi connectivity index (χ0v) is 9.08. The maximum absolute atomic E-state index is 12.6. The van der Waals surface area contributed by atoms with Gasteiger partial charge in [0.2, 0.25) is 0 Å². The highest BCUT2D eigenvalue weighted by Gasteiger charge is 2.58. The Kier molecular flexibility index (Phi) is 3.82. The summed E-state index contributed by atoms with van der Waals surface area (Å²) in [7, 11) is 0. The van der Waals surface area contributed by atoms with Gasteiger partial charge in [-0.25, -0.2) is 0 Å². The molecular weight excluding hydrogens is 279 g/mol. The summed E-state index contributed by atoms with van der Waals surface area (Å²) < 4.78 is 65.0. The molecule has 1 aromatic rings. The molecular formula is C9H7F5N2O3. The van der Waals surface area contributed by atoms with E-state index in [-0.39, 0.29) is 0 Å². The van der Waals surface area contributed by atoms with Crippen LogP contribution >= 0.6 is 0 Å². The molecule has 0 atom stereocenters. The summed E-state index contributed by atoms with van der Waals surface area (Å²) in [4.78, 5) is 9.57. The molecule has 0 amide bonds. The molecule has 10 heteroatoms. The number of hydrogen-bond acceptors (Lipinski definition) is 4. The molecule has 0 spiro atoms. The maximum Gasteiger partial charge on any atom is 0.456 e. The van der Waals surface area contributed by atoms with Gasteiger partial charge < -0.3 is 10.5 Å². The summed E-state index contributed by atoms with van der Waals surface area (Å²) in [6.07, 6.45) is -5.80. The van der Waals surface area contributed by atoms with Crippen molar-refractivity contribution in [3.8, 4) is 5.75 Å². The van der Waals surface area contributed by atoms with Crippen LogP contribution in [-0.2, 0) is 0 Å². The van der Waals surface area contributed by atoms with Crippen LogP contribution in [0.15, 0.2) is 18.2 Å². The number of benzene rings is 1. The maximum atomic E-state index is 12.6. The molecule has 0 aliphatic rings. The van der Waals surface area contributed by atoms with Gasteiger partial charge in [0.15, 0.2) is 12.4 Å². The third-order valence-electron chi connectivity index (χ3n) is 2.04. The minimum atomic E-state index is -5.80. The Hall–Kier alpha value is -2.13. The SMILES string of the molecule is Nc1cccc(OCC(F)(F)C(F)(F)F)c1[N+](=O)[O-]. The molecule has 0 aromatic heterocycles. The standard InChI is InChI=1S/C9H7F5N2O3/c10-8(11,9(12,13)14)4-19-6-3-1-2-5(15)7(6)16(17)18/h1-3H,4,15H2. The van der Waals surface area contributed by atoms with E-state index < -0.39 is 40.8 Å². The van der Waals surface area contributed by atoms with Gasteiger partial charge in [-0.15, -0.1) is 0 Å². The zero-order valence-electron chi connectivity index (χ0n) is 9.08. The van der Waals surface area contributed by atoms with Gasteiger partial charge >= 0.3 is 17.8 Å². The van der Waals surface area contributed by atoms with E-state index in [1.54, 1.807) is 0 Å². The van der Waals surface area contributed by atoms with Gasteiger partial charge in [-0.05, 0) is 12.1 Å². The fourth-order valence-electron chi connectivity index (χ4n) is 1.10. The van der Waals surface area contributed by atoms with Crippen molar-refractivity contribution in [3.05, 3.63) is 28.3 Å². The highest BCUT2D eigenvalue weighted by atomic mass is 19.4. The highest BCUT2D eigenvalue weighted by molar-refractivity contribution is 5.65. The third-order valence-corrected chi connectivity index (χ3v) is 2.04. The van der Waals surface area contributed by atoms with Gasteiger partial charge in [-0.1, -0.05) is 6.07 Å². The molecule has 0 fully saturated rings. The number of ether oxygens (including phenoxy) is 1. The molecule has 0 aliphatic heterocycles.